The summed E-state index contributed by atoms with van der Waals surface area (Å²) < 4.78 is 1.15. The van der Waals surface area contributed by atoms with Crippen molar-refractivity contribution in [1.29, 1.82) is 0 Å². The van der Waals surface area contributed by atoms with Crippen molar-refractivity contribution in [2.24, 2.45) is 0 Å². The summed E-state index contributed by atoms with van der Waals surface area (Å²) in [4.78, 5) is 22.6. The third-order valence-corrected chi connectivity index (χ3v) is 4.93. The number of rotatable bonds is 4. The molecule has 0 unspecified atom stereocenters. The van der Waals surface area contributed by atoms with E-state index in [-0.39, 0.29) is 5.91 Å². The summed E-state index contributed by atoms with van der Waals surface area (Å²) in [5.74, 6) is -0.0510. The number of carbonyl (C=O) groups is 1. The summed E-state index contributed by atoms with van der Waals surface area (Å²) in [7, 11) is 1.78. The second kappa shape index (κ2) is 6.37. The number of aromatic nitrogens is 2. The summed E-state index contributed by atoms with van der Waals surface area (Å²) in [5, 5.41) is 3.87. The third-order valence-electron chi connectivity index (χ3n) is 3.12. The van der Waals surface area contributed by atoms with E-state index in [1.807, 2.05) is 36.6 Å². The van der Waals surface area contributed by atoms with Crippen molar-refractivity contribution in [2.75, 3.05) is 7.05 Å². The maximum absolute atomic E-state index is 12.1. The minimum Gasteiger partial charge on any atom is -0.335 e. The first kappa shape index (κ1) is 14.9. The zero-order valence-electron chi connectivity index (χ0n) is 12.3. The van der Waals surface area contributed by atoms with E-state index in [9.17, 15) is 4.79 Å². The molecule has 22 heavy (non-hydrogen) atoms. The Balaban J connectivity index is 1.66. The van der Waals surface area contributed by atoms with Gasteiger partial charge in [0.2, 0.25) is 5.91 Å². The van der Waals surface area contributed by atoms with Gasteiger partial charge < -0.3 is 4.90 Å². The van der Waals surface area contributed by atoms with Gasteiger partial charge >= 0.3 is 0 Å². The van der Waals surface area contributed by atoms with Gasteiger partial charge in [-0.05, 0) is 25.1 Å². The second-order valence-electron chi connectivity index (χ2n) is 4.89. The SMILES string of the molecule is Cc1nc(/C=C/C(=O)N(C)Cc2nc3ccccc3s2)cs1. The number of nitrogens with zero attached hydrogens (tertiary/aromatic N) is 3. The first-order valence-corrected chi connectivity index (χ1v) is 8.51. The largest absolute Gasteiger partial charge is 0.335 e. The molecule has 0 radical (unpaired) electrons. The maximum atomic E-state index is 12.1. The molecule has 4 nitrogen and oxygen atoms in total. The molecule has 0 atom stereocenters. The zero-order valence-corrected chi connectivity index (χ0v) is 13.9. The van der Waals surface area contributed by atoms with Crippen LogP contribution in [0, 0.1) is 6.92 Å². The molecular weight excluding hydrogens is 314 g/mol. The third kappa shape index (κ3) is 3.40. The molecule has 6 heteroatoms. The molecule has 2 aromatic heterocycles. The monoisotopic (exact) mass is 329 g/mol. The second-order valence-corrected chi connectivity index (χ2v) is 7.07. The van der Waals surface area contributed by atoms with Gasteiger partial charge in [0.25, 0.3) is 0 Å². The Morgan fingerprint density at radius 2 is 2.14 bits per heavy atom. The van der Waals surface area contributed by atoms with E-state index in [1.54, 1.807) is 46.8 Å². The maximum Gasteiger partial charge on any atom is 0.246 e. The number of hydrogen-bond acceptors (Lipinski definition) is 5. The van der Waals surface area contributed by atoms with Crippen molar-refractivity contribution in [1.82, 2.24) is 14.9 Å². The lowest BCUT2D eigenvalue weighted by atomic mass is 10.3. The molecule has 0 fully saturated rings. The van der Waals surface area contributed by atoms with E-state index in [2.05, 4.69) is 9.97 Å². The van der Waals surface area contributed by atoms with Crippen molar-refractivity contribution < 1.29 is 4.79 Å². The number of likely N-dealkylation sites (N-methyl/N-ethyl adjacent to an activating group) is 1. The summed E-state index contributed by atoms with van der Waals surface area (Å²) in [6.07, 6.45) is 3.31. The number of thiazole rings is 2. The smallest absolute Gasteiger partial charge is 0.246 e. The molecule has 3 aromatic rings. The average Bonchev–Trinajstić information content (AvgIpc) is 3.09. The van der Waals surface area contributed by atoms with Crippen LogP contribution in [0.3, 0.4) is 0 Å². The zero-order chi connectivity index (χ0) is 15.5. The van der Waals surface area contributed by atoms with Gasteiger partial charge in [0, 0.05) is 18.5 Å². The number of aryl methyl sites for hydroxylation is 1. The van der Waals surface area contributed by atoms with Gasteiger partial charge in [-0.15, -0.1) is 22.7 Å². The van der Waals surface area contributed by atoms with Crippen molar-refractivity contribution in [2.45, 2.75) is 13.5 Å². The fourth-order valence-electron chi connectivity index (χ4n) is 2.01. The summed E-state index contributed by atoms with van der Waals surface area (Å²) in [6, 6.07) is 8.00. The fourth-order valence-corrected chi connectivity index (χ4v) is 3.61. The summed E-state index contributed by atoms with van der Waals surface area (Å²) in [6.45, 7) is 2.46. The van der Waals surface area contributed by atoms with Crippen LogP contribution in [0.4, 0.5) is 0 Å². The lowest BCUT2D eigenvalue weighted by Gasteiger charge is -2.12. The van der Waals surface area contributed by atoms with E-state index in [1.165, 1.54) is 0 Å². The molecule has 0 aliphatic rings. The van der Waals surface area contributed by atoms with Crippen LogP contribution in [0.15, 0.2) is 35.7 Å². The van der Waals surface area contributed by atoms with Crippen LogP contribution >= 0.6 is 22.7 Å². The molecule has 1 aromatic carbocycles. The highest BCUT2D eigenvalue weighted by Gasteiger charge is 2.10. The van der Waals surface area contributed by atoms with Crippen molar-refractivity contribution in [3.8, 4) is 0 Å². The number of hydrogen-bond donors (Lipinski definition) is 0. The predicted octanol–water partition coefficient (Wildman–Crippen LogP) is 3.73. The van der Waals surface area contributed by atoms with E-state index < -0.39 is 0 Å². The molecule has 0 bridgehead atoms. The normalized spacial score (nSPS) is 11.4. The first-order valence-electron chi connectivity index (χ1n) is 6.81. The van der Waals surface area contributed by atoms with Crippen molar-refractivity contribution in [3.63, 3.8) is 0 Å². The molecular formula is C16H15N3OS2. The molecule has 1 amide bonds. The van der Waals surface area contributed by atoms with Gasteiger partial charge in [-0.25, -0.2) is 9.97 Å². The average molecular weight is 329 g/mol. The molecule has 2 heterocycles. The fraction of sp³-hybridized carbons (Fsp3) is 0.188. The molecule has 0 N–H and O–H groups in total. The van der Waals surface area contributed by atoms with E-state index in [4.69, 9.17) is 0 Å². The minimum absolute atomic E-state index is 0.0510. The molecule has 3 rings (SSSR count). The number of carbonyl (C=O) groups excluding carboxylic acids is 1. The standard InChI is InChI=1S/C16H15N3OS2/c1-11-17-12(10-21-11)7-8-16(20)19(2)9-15-18-13-5-3-4-6-14(13)22-15/h3-8,10H,9H2,1-2H3/b8-7+. The Kier molecular flexibility index (Phi) is 4.31. The van der Waals surface area contributed by atoms with Crippen LogP contribution in [0.5, 0.6) is 0 Å². The number of para-hydroxylation sites is 1. The number of benzene rings is 1. The van der Waals surface area contributed by atoms with E-state index in [0.717, 1.165) is 25.9 Å². The van der Waals surface area contributed by atoms with Crippen molar-refractivity contribution >= 4 is 44.9 Å². The van der Waals surface area contributed by atoms with Gasteiger partial charge in [-0.3, -0.25) is 4.79 Å². The van der Waals surface area contributed by atoms with Crippen LogP contribution in [-0.4, -0.2) is 27.8 Å². The minimum atomic E-state index is -0.0510. The topological polar surface area (TPSA) is 46.1 Å². The van der Waals surface area contributed by atoms with Crippen LogP contribution in [-0.2, 0) is 11.3 Å². The molecule has 0 saturated heterocycles. The van der Waals surface area contributed by atoms with Crippen molar-refractivity contribution in [3.05, 3.63) is 51.4 Å². The lowest BCUT2D eigenvalue weighted by Crippen LogP contribution is -2.23. The van der Waals surface area contributed by atoms with Crippen LogP contribution < -0.4 is 0 Å². The highest BCUT2D eigenvalue weighted by Crippen LogP contribution is 2.22. The van der Waals surface area contributed by atoms with Crippen LogP contribution in [0.2, 0.25) is 0 Å². The van der Waals surface area contributed by atoms with Gasteiger partial charge in [0.1, 0.15) is 5.01 Å². The number of amides is 1. The van der Waals surface area contributed by atoms with E-state index >= 15 is 0 Å². The van der Waals surface area contributed by atoms with Gasteiger partial charge in [-0.2, -0.15) is 0 Å². The Bertz CT molecular complexity index is 802. The molecule has 0 saturated carbocycles. The predicted molar refractivity (Wildman–Crippen MR) is 92.0 cm³/mol. The van der Waals surface area contributed by atoms with E-state index in [0.29, 0.717) is 6.54 Å². The number of fused-ring (bicyclic) bond motifs is 1. The molecule has 0 aliphatic heterocycles. The summed E-state index contributed by atoms with van der Waals surface area (Å²) in [5.41, 5.74) is 1.81. The molecule has 0 spiro atoms. The lowest BCUT2D eigenvalue weighted by molar-refractivity contribution is -0.125. The van der Waals surface area contributed by atoms with Gasteiger partial charge in [0.15, 0.2) is 0 Å². The van der Waals surface area contributed by atoms with Crippen LogP contribution in [0.25, 0.3) is 16.3 Å². The Labute approximate surface area is 136 Å². The molecule has 0 aliphatic carbocycles. The Hall–Kier alpha value is -2.05. The summed E-state index contributed by atoms with van der Waals surface area (Å²) >= 11 is 3.19. The molecule has 112 valence electrons. The highest BCUT2D eigenvalue weighted by atomic mass is 32.1. The Morgan fingerprint density at radius 1 is 1.32 bits per heavy atom. The van der Waals surface area contributed by atoms with Gasteiger partial charge in [0.05, 0.1) is 27.5 Å². The highest BCUT2D eigenvalue weighted by molar-refractivity contribution is 7.18. The van der Waals surface area contributed by atoms with Crippen LogP contribution in [0.1, 0.15) is 15.7 Å². The first-order chi connectivity index (χ1) is 10.6. The Morgan fingerprint density at radius 3 is 2.86 bits per heavy atom. The van der Waals surface area contributed by atoms with Gasteiger partial charge in [-0.1, -0.05) is 12.1 Å². The quantitative estimate of drug-likeness (QED) is 0.685.